The lowest BCUT2D eigenvalue weighted by atomic mass is 10.2. The lowest BCUT2D eigenvalue weighted by Crippen LogP contribution is -2.29. The number of halogens is 2. The molecule has 11 heteroatoms. The van der Waals surface area contributed by atoms with Gasteiger partial charge in [0.2, 0.25) is 5.91 Å². The highest BCUT2D eigenvalue weighted by molar-refractivity contribution is 7.99. The first-order chi connectivity index (χ1) is 13.3. The molecule has 0 saturated carbocycles. The number of amides is 2. The Morgan fingerprint density at radius 2 is 1.96 bits per heavy atom. The van der Waals surface area contributed by atoms with Gasteiger partial charge in [-0.05, 0) is 31.0 Å². The van der Waals surface area contributed by atoms with Gasteiger partial charge in [-0.3, -0.25) is 19.4 Å². The molecular formula is C17H17F2N5O3S. The summed E-state index contributed by atoms with van der Waals surface area (Å²) in [5, 5.41) is 2.37. The van der Waals surface area contributed by atoms with E-state index in [1.165, 1.54) is 0 Å². The first-order valence-corrected chi connectivity index (χ1v) is 9.40. The number of nitrogen functional groups attached to an aromatic ring is 1. The van der Waals surface area contributed by atoms with Crippen LogP contribution in [0.15, 0.2) is 28.2 Å². The Labute approximate surface area is 162 Å². The number of carbonyl (C=O) groups excluding carboxylic acids is 2. The van der Waals surface area contributed by atoms with Gasteiger partial charge in [0.15, 0.2) is 22.6 Å². The van der Waals surface area contributed by atoms with E-state index in [0.717, 1.165) is 49.8 Å². The Balaban J connectivity index is 1.69. The molecule has 148 valence electrons. The van der Waals surface area contributed by atoms with Gasteiger partial charge in [0.05, 0.1) is 5.75 Å². The minimum Gasteiger partial charge on any atom is -0.382 e. The van der Waals surface area contributed by atoms with Gasteiger partial charge in [-0.2, -0.15) is 0 Å². The van der Waals surface area contributed by atoms with Gasteiger partial charge in [0, 0.05) is 18.7 Å². The van der Waals surface area contributed by atoms with Crippen LogP contribution in [0.2, 0.25) is 0 Å². The maximum atomic E-state index is 13.3. The summed E-state index contributed by atoms with van der Waals surface area (Å²) in [6, 6.07) is 2.57. The lowest BCUT2D eigenvalue weighted by molar-refractivity contribution is -0.127. The summed E-state index contributed by atoms with van der Waals surface area (Å²) in [6.07, 6.45) is 1.95. The molecule has 1 aromatic carbocycles. The number of carbonyl (C=O) groups is 2. The quantitative estimate of drug-likeness (QED) is 0.509. The van der Waals surface area contributed by atoms with E-state index in [9.17, 15) is 23.2 Å². The van der Waals surface area contributed by atoms with Crippen molar-refractivity contribution in [3.05, 3.63) is 45.8 Å². The Hall–Kier alpha value is -2.95. The average Bonchev–Trinajstić information content (AvgIpc) is 3.19. The van der Waals surface area contributed by atoms with Crippen LogP contribution in [-0.2, 0) is 4.79 Å². The normalized spacial score (nSPS) is 13.6. The van der Waals surface area contributed by atoms with E-state index in [4.69, 9.17) is 5.73 Å². The molecule has 4 N–H and O–H groups in total. The maximum absolute atomic E-state index is 13.3. The highest BCUT2D eigenvalue weighted by Crippen LogP contribution is 2.19. The standard InChI is InChI=1S/C17H17F2N5O3S/c18-10-4-3-9(7-11(10)19)15(26)21-13-14(20)22-17(23-16(13)27)28-8-12(25)24-5-1-2-6-24/h3-4,7H,1-2,5-6,8H2,(H,21,26)(H3,20,22,23,27). The number of anilines is 2. The first-order valence-electron chi connectivity index (χ1n) is 8.42. The molecule has 1 aliphatic heterocycles. The minimum atomic E-state index is -1.19. The highest BCUT2D eigenvalue weighted by atomic mass is 32.2. The molecule has 28 heavy (non-hydrogen) atoms. The summed E-state index contributed by atoms with van der Waals surface area (Å²) in [5.41, 5.74) is 4.52. The molecule has 1 fully saturated rings. The predicted molar refractivity (Wildman–Crippen MR) is 100 cm³/mol. The van der Waals surface area contributed by atoms with Gasteiger partial charge in [-0.1, -0.05) is 11.8 Å². The molecule has 2 heterocycles. The van der Waals surface area contributed by atoms with Crippen LogP contribution in [0.5, 0.6) is 0 Å². The number of aromatic nitrogens is 2. The third-order valence-electron chi connectivity index (χ3n) is 4.14. The SMILES string of the molecule is Nc1nc(SCC(=O)N2CCCC2)[nH]c(=O)c1NC(=O)c1ccc(F)c(F)c1. The number of nitrogens with zero attached hydrogens (tertiary/aromatic N) is 2. The number of likely N-dealkylation sites (tertiary alicyclic amines) is 1. The van der Waals surface area contributed by atoms with Crippen molar-refractivity contribution in [1.29, 1.82) is 0 Å². The molecule has 2 aromatic rings. The Kier molecular flexibility index (Phi) is 5.93. The van der Waals surface area contributed by atoms with Crippen LogP contribution >= 0.6 is 11.8 Å². The number of rotatable bonds is 5. The smallest absolute Gasteiger partial charge is 0.277 e. The van der Waals surface area contributed by atoms with E-state index < -0.39 is 23.1 Å². The van der Waals surface area contributed by atoms with Crippen molar-refractivity contribution >= 4 is 35.1 Å². The van der Waals surface area contributed by atoms with Gasteiger partial charge >= 0.3 is 0 Å². The van der Waals surface area contributed by atoms with E-state index in [0.29, 0.717) is 6.07 Å². The highest BCUT2D eigenvalue weighted by Gasteiger charge is 2.19. The van der Waals surface area contributed by atoms with Gasteiger partial charge in [0.25, 0.3) is 11.5 Å². The van der Waals surface area contributed by atoms with Crippen LogP contribution in [0, 0.1) is 11.6 Å². The second kappa shape index (κ2) is 8.38. The number of nitrogens with one attached hydrogen (secondary N) is 2. The van der Waals surface area contributed by atoms with Crippen molar-refractivity contribution in [3.8, 4) is 0 Å². The van der Waals surface area contributed by atoms with Crippen LogP contribution in [0.25, 0.3) is 0 Å². The van der Waals surface area contributed by atoms with Crippen molar-refractivity contribution in [2.75, 3.05) is 29.9 Å². The fraction of sp³-hybridized carbons (Fsp3) is 0.294. The number of benzene rings is 1. The molecular weight excluding hydrogens is 392 g/mol. The summed E-state index contributed by atoms with van der Waals surface area (Å²) in [6.45, 7) is 1.45. The van der Waals surface area contributed by atoms with Crippen LogP contribution in [-0.4, -0.2) is 45.5 Å². The molecule has 8 nitrogen and oxygen atoms in total. The second-order valence-corrected chi connectivity index (χ2v) is 7.05. The largest absolute Gasteiger partial charge is 0.382 e. The van der Waals surface area contributed by atoms with Gasteiger partial charge < -0.3 is 16.0 Å². The number of nitrogens with two attached hydrogens (primary N) is 1. The van der Waals surface area contributed by atoms with Crippen molar-refractivity contribution in [2.24, 2.45) is 0 Å². The molecule has 0 unspecified atom stereocenters. The molecule has 0 radical (unpaired) electrons. The molecule has 0 bridgehead atoms. The zero-order valence-electron chi connectivity index (χ0n) is 14.6. The zero-order valence-corrected chi connectivity index (χ0v) is 15.4. The van der Waals surface area contributed by atoms with E-state index in [-0.39, 0.29) is 33.9 Å². The summed E-state index contributed by atoms with van der Waals surface area (Å²) >= 11 is 1.03. The molecule has 1 aliphatic rings. The topological polar surface area (TPSA) is 121 Å². The number of thioether (sulfide) groups is 1. The molecule has 1 saturated heterocycles. The third kappa shape index (κ3) is 4.47. The molecule has 0 spiro atoms. The predicted octanol–water partition coefficient (Wildman–Crippen LogP) is 1.60. The molecule has 2 amide bonds. The van der Waals surface area contributed by atoms with Gasteiger partial charge in [-0.25, -0.2) is 13.8 Å². The van der Waals surface area contributed by atoms with Crippen LogP contribution in [0.4, 0.5) is 20.3 Å². The van der Waals surface area contributed by atoms with E-state index in [1.54, 1.807) is 4.90 Å². The summed E-state index contributed by atoms with van der Waals surface area (Å²) in [7, 11) is 0. The molecule has 3 rings (SSSR count). The number of H-pyrrole nitrogens is 1. The number of hydrogen-bond acceptors (Lipinski definition) is 6. The molecule has 0 atom stereocenters. The molecule has 0 aliphatic carbocycles. The van der Waals surface area contributed by atoms with E-state index >= 15 is 0 Å². The second-order valence-electron chi connectivity index (χ2n) is 6.09. The fourth-order valence-corrected chi connectivity index (χ4v) is 3.44. The summed E-state index contributed by atoms with van der Waals surface area (Å²) < 4.78 is 26.2. The number of hydrogen-bond donors (Lipinski definition) is 3. The van der Waals surface area contributed by atoms with Crippen molar-refractivity contribution in [2.45, 2.75) is 18.0 Å². The molecule has 1 aromatic heterocycles. The number of aromatic amines is 1. The summed E-state index contributed by atoms with van der Waals surface area (Å²) in [5.74, 6) is -3.34. The zero-order chi connectivity index (χ0) is 20.3. The minimum absolute atomic E-state index is 0.0561. The van der Waals surface area contributed by atoms with Crippen LogP contribution in [0.1, 0.15) is 23.2 Å². The Morgan fingerprint density at radius 3 is 2.61 bits per heavy atom. The van der Waals surface area contributed by atoms with Crippen molar-refractivity contribution < 1.29 is 18.4 Å². The van der Waals surface area contributed by atoms with E-state index in [2.05, 4.69) is 15.3 Å². The van der Waals surface area contributed by atoms with Gasteiger partial charge in [0.1, 0.15) is 5.69 Å². The third-order valence-corrected chi connectivity index (χ3v) is 5.00. The Morgan fingerprint density at radius 1 is 1.25 bits per heavy atom. The van der Waals surface area contributed by atoms with Gasteiger partial charge in [-0.15, -0.1) is 0 Å². The monoisotopic (exact) mass is 409 g/mol. The van der Waals surface area contributed by atoms with Crippen LogP contribution in [0.3, 0.4) is 0 Å². The lowest BCUT2D eigenvalue weighted by Gasteiger charge is -2.14. The Bertz CT molecular complexity index is 976. The van der Waals surface area contributed by atoms with E-state index in [1.807, 2.05) is 0 Å². The average molecular weight is 409 g/mol. The fourth-order valence-electron chi connectivity index (χ4n) is 2.67. The van der Waals surface area contributed by atoms with Crippen molar-refractivity contribution in [1.82, 2.24) is 14.9 Å². The first kappa shape index (κ1) is 19.8. The maximum Gasteiger partial charge on any atom is 0.277 e. The van der Waals surface area contributed by atoms with Crippen molar-refractivity contribution in [3.63, 3.8) is 0 Å². The van der Waals surface area contributed by atoms with Crippen LogP contribution < -0.4 is 16.6 Å². The summed E-state index contributed by atoms with van der Waals surface area (Å²) in [4.78, 5) is 44.6.